The van der Waals surface area contributed by atoms with Gasteiger partial charge in [-0.1, -0.05) is 29.4 Å². The fraction of sp³-hybridized carbons (Fsp3) is 0.176. The Kier molecular flexibility index (Phi) is 4.90. The molecule has 0 unspecified atom stereocenters. The van der Waals surface area contributed by atoms with E-state index >= 15 is 0 Å². The van der Waals surface area contributed by atoms with Gasteiger partial charge in [0.25, 0.3) is 5.91 Å². The number of nitrogens with one attached hydrogen (secondary N) is 1. The first-order valence-electron chi connectivity index (χ1n) is 7.27. The Morgan fingerprint density at radius 3 is 2.96 bits per heavy atom. The predicted molar refractivity (Wildman–Crippen MR) is 84.4 cm³/mol. The molecule has 0 radical (unpaired) electrons. The Labute approximate surface area is 137 Å². The van der Waals surface area contributed by atoms with Crippen LogP contribution in [0.2, 0.25) is 0 Å². The van der Waals surface area contributed by atoms with Crippen molar-refractivity contribution in [3.63, 3.8) is 0 Å². The largest absolute Gasteiger partial charge is 0.454 e. The van der Waals surface area contributed by atoms with Gasteiger partial charge in [0.15, 0.2) is 18.1 Å². The average Bonchev–Trinajstić information content (AvgIpc) is 3.06. The molecule has 1 amide bonds. The summed E-state index contributed by atoms with van der Waals surface area (Å²) >= 11 is 0. The van der Waals surface area contributed by atoms with Crippen molar-refractivity contribution in [2.75, 3.05) is 13.4 Å². The van der Waals surface area contributed by atoms with Crippen molar-refractivity contribution >= 4 is 12.1 Å². The lowest BCUT2D eigenvalue weighted by Gasteiger charge is -2.05. The highest BCUT2D eigenvalue weighted by Crippen LogP contribution is 2.32. The molecular formula is C17H15FN2O4. The Morgan fingerprint density at radius 1 is 1.25 bits per heavy atom. The zero-order valence-corrected chi connectivity index (χ0v) is 12.7. The minimum Gasteiger partial charge on any atom is -0.454 e. The Hall–Kier alpha value is -3.09. The zero-order valence-electron chi connectivity index (χ0n) is 12.7. The standard InChI is InChI=1S/C17H15FN2O4/c18-14-4-2-1-3-13(14)9-20-24-10-17(21)19-8-12-5-6-15-16(7-12)23-11-22-15/h1-7,9H,8,10-11H2,(H,19,21)/b20-9-. The Morgan fingerprint density at radius 2 is 2.08 bits per heavy atom. The lowest BCUT2D eigenvalue weighted by atomic mass is 10.2. The number of carbonyl (C=O) groups is 1. The fourth-order valence-electron chi connectivity index (χ4n) is 2.07. The van der Waals surface area contributed by atoms with Crippen LogP contribution in [0.3, 0.4) is 0 Å². The van der Waals surface area contributed by atoms with E-state index in [1.54, 1.807) is 30.3 Å². The molecule has 0 saturated heterocycles. The maximum absolute atomic E-state index is 13.3. The molecular weight excluding hydrogens is 315 g/mol. The normalized spacial score (nSPS) is 12.4. The van der Waals surface area contributed by atoms with Crippen LogP contribution in [-0.4, -0.2) is 25.5 Å². The summed E-state index contributed by atoms with van der Waals surface area (Å²) in [7, 11) is 0. The van der Waals surface area contributed by atoms with Gasteiger partial charge in [0, 0.05) is 12.1 Å². The van der Waals surface area contributed by atoms with Crippen LogP contribution in [-0.2, 0) is 16.2 Å². The van der Waals surface area contributed by atoms with Crippen molar-refractivity contribution in [1.29, 1.82) is 0 Å². The minimum absolute atomic E-state index is 0.207. The number of benzene rings is 2. The zero-order chi connectivity index (χ0) is 16.8. The number of fused-ring (bicyclic) bond motifs is 1. The van der Waals surface area contributed by atoms with Crippen LogP contribution in [0.25, 0.3) is 0 Å². The van der Waals surface area contributed by atoms with Gasteiger partial charge in [0.1, 0.15) is 5.82 Å². The number of halogens is 1. The molecule has 2 aromatic carbocycles. The SMILES string of the molecule is O=C(CO/N=C\c1ccccc1F)NCc1ccc2c(c1)OCO2. The second-order valence-electron chi connectivity index (χ2n) is 4.99. The van der Waals surface area contributed by atoms with Crippen molar-refractivity contribution in [3.8, 4) is 11.5 Å². The number of rotatable bonds is 6. The maximum atomic E-state index is 13.3. The molecule has 7 heteroatoms. The highest BCUT2D eigenvalue weighted by molar-refractivity contribution is 5.80. The molecule has 24 heavy (non-hydrogen) atoms. The molecule has 1 aliphatic heterocycles. The molecule has 0 atom stereocenters. The first-order valence-corrected chi connectivity index (χ1v) is 7.27. The summed E-state index contributed by atoms with van der Waals surface area (Å²) in [6.45, 7) is 0.282. The van der Waals surface area contributed by atoms with Crippen molar-refractivity contribution in [2.24, 2.45) is 5.16 Å². The van der Waals surface area contributed by atoms with Gasteiger partial charge in [0.05, 0.1) is 6.21 Å². The summed E-state index contributed by atoms with van der Waals surface area (Å²) < 4.78 is 23.8. The van der Waals surface area contributed by atoms with Crippen molar-refractivity contribution in [2.45, 2.75) is 6.54 Å². The number of ether oxygens (including phenoxy) is 2. The predicted octanol–water partition coefficient (Wildman–Crippen LogP) is 2.22. The van der Waals surface area contributed by atoms with Crippen LogP contribution in [0.1, 0.15) is 11.1 Å². The van der Waals surface area contributed by atoms with Gasteiger partial charge in [-0.2, -0.15) is 0 Å². The Balaban J connectivity index is 1.42. The third-order valence-corrected chi connectivity index (χ3v) is 3.29. The van der Waals surface area contributed by atoms with E-state index in [9.17, 15) is 9.18 Å². The molecule has 1 heterocycles. The molecule has 0 saturated carbocycles. The quantitative estimate of drug-likeness (QED) is 0.651. The third kappa shape index (κ3) is 4.01. The molecule has 124 valence electrons. The lowest BCUT2D eigenvalue weighted by molar-refractivity contribution is -0.125. The summed E-state index contributed by atoms with van der Waals surface area (Å²) in [6, 6.07) is 11.6. The summed E-state index contributed by atoms with van der Waals surface area (Å²) in [5.74, 6) is 0.610. The van der Waals surface area contributed by atoms with Crippen molar-refractivity contribution < 1.29 is 23.5 Å². The molecule has 0 spiro atoms. The van der Waals surface area contributed by atoms with Crippen LogP contribution in [0.5, 0.6) is 11.5 Å². The van der Waals surface area contributed by atoms with Gasteiger partial charge in [-0.05, 0) is 23.8 Å². The number of hydrogen-bond acceptors (Lipinski definition) is 5. The van der Waals surface area contributed by atoms with E-state index in [-0.39, 0.29) is 19.3 Å². The van der Waals surface area contributed by atoms with Gasteiger partial charge in [0.2, 0.25) is 6.79 Å². The van der Waals surface area contributed by atoms with E-state index in [1.807, 2.05) is 6.07 Å². The van der Waals surface area contributed by atoms with Gasteiger partial charge >= 0.3 is 0 Å². The van der Waals surface area contributed by atoms with E-state index < -0.39 is 5.82 Å². The maximum Gasteiger partial charge on any atom is 0.261 e. The van der Waals surface area contributed by atoms with Crippen LogP contribution in [0.15, 0.2) is 47.6 Å². The van der Waals surface area contributed by atoms with E-state index in [2.05, 4.69) is 10.5 Å². The summed E-state index contributed by atoms with van der Waals surface area (Å²) in [6.07, 6.45) is 1.22. The second-order valence-corrected chi connectivity index (χ2v) is 4.99. The number of oxime groups is 1. The number of hydrogen-bond donors (Lipinski definition) is 1. The minimum atomic E-state index is -0.405. The number of amides is 1. The fourth-order valence-corrected chi connectivity index (χ4v) is 2.07. The first kappa shape index (κ1) is 15.8. The van der Waals surface area contributed by atoms with Gasteiger partial charge < -0.3 is 19.6 Å². The first-order chi connectivity index (χ1) is 11.7. The topological polar surface area (TPSA) is 69.2 Å². The molecule has 0 aromatic heterocycles. The van der Waals surface area contributed by atoms with E-state index in [4.69, 9.17) is 14.3 Å². The van der Waals surface area contributed by atoms with Gasteiger partial charge in [-0.15, -0.1) is 0 Å². The molecule has 0 bridgehead atoms. The summed E-state index contributed by atoms with van der Waals surface area (Å²) in [5, 5.41) is 6.27. The van der Waals surface area contributed by atoms with Crippen LogP contribution in [0.4, 0.5) is 4.39 Å². The number of carbonyl (C=O) groups excluding carboxylic acids is 1. The monoisotopic (exact) mass is 330 g/mol. The van der Waals surface area contributed by atoms with E-state index in [0.29, 0.717) is 23.6 Å². The second kappa shape index (κ2) is 7.45. The van der Waals surface area contributed by atoms with Crippen LogP contribution in [0, 0.1) is 5.82 Å². The van der Waals surface area contributed by atoms with Crippen molar-refractivity contribution in [3.05, 3.63) is 59.4 Å². The molecule has 3 rings (SSSR count). The molecule has 6 nitrogen and oxygen atoms in total. The van der Waals surface area contributed by atoms with Gasteiger partial charge in [-0.3, -0.25) is 4.79 Å². The summed E-state index contributed by atoms with van der Waals surface area (Å²) in [5.41, 5.74) is 1.17. The molecule has 0 fully saturated rings. The molecule has 2 aromatic rings. The number of nitrogens with zero attached hydrogens (tertiary/aromatic N) is 1. The smallest absolute Gasteiger partial charge is 0.261 e. The van der Waals surface area contributed by atoms with Crippen molar-refractivity contribution in [1.82, 2.24) is 5.32 Å². The third-order valence-electron chi connectivity index (χ3n) is 3.29. The van der Waals surface area contributed by atoms with E-state index in [0.717, 1.165) is 5.56 Å². The molecule has 0 aliphatic carbocycles. The Bertz CT molecular complexity index is 764. The van der Waals surface area contributed by atoms with Crippen LogP contribution < -0.4 is 14.8 Å². The van der Waals surface area contributed by atoms with E-state index in [1.165, 1.54) is 12.3 Å². The molecule has 1 N–H and O–H groups in total. The molecule has 1 aliphatic rings. The lowest BCUT2D eigenvalue weighted by Crippen LogP contribution is -2.26. The highest BCUT2D eigenvalue weighted by Gasteiger charge is 2.13. The summed E-state index contributed by atoms with van der Waals surface area (Å²) in [4.78, 5) is 16.6. The van der Waals surface area contributed by atoms with Gasteiger partial charge in [-0.25, -0.2) is 4.39 Å². The highest BCUT2D eigenvalue weighted by atomic mass is 19.1. The average molecular weight is 330 g/mol. The van der Waals surface area contributed by atoms with Crippen LogP contribution >= 0.6 is 0 Å².